The third-order valence-electron chi connectivity index (χ3n) is 2.52. The number of benzene rings is 1. The highest BCUT2D eigenvalue weighted by Crippen LogP contribution is 2.17. The topological polar surface area (TPSA) is 50.8 Å². The van der Waals surface area contributed by atoms with Crippen LogP contribution in [0.4, 0.5) is 0 Å². The van der Waals surface area contributed by atoms with Gasteiger partial charge in [0.15, 0.2) is 5.96 Å². The molecular weight excluding hydrogens is 421 g/mol. The predicted molar refractivity (Wildman–Crippen MR) is 94.5 cm³/mol. The molecular formula is C13H21BrIN3O. The van der Waals surface area contributed by atoms with Gasteiger partial charge in [-0.2, -0.15) is 0 Å². The minimum atomic E-state index is 0. The number of hydrogen-bond acceptors (Lipinski definition) is 2. The Kier molecular flexibility index (Phi) is 10.0. The maximum Gasteiger partial charge on any atom is 0.191 e. The summed E-state index contributed by atoms with van der Waals surface area (Å²) >= 11 is 3.40. The van der Waals surface area contributed by atoms with E-state index in [1.165, 1.54) is 0 Å². The van der Waals surface area contributed by atoms with Crippen molar-refractivity contribution in [2.24, 2.45) is 10.7 Å². The summed E-state index contributed by atoms with van der Waals surface area (Å²) in [6.07, 6.45) is 0. The molecule has 0 saturated carbocycles. The molecule has 1 aromatic rings. The summed E-state index contributed by atoms with van der Waals surface area (Å²) in [5.41, 5.74) is 5.86. The zero-order valence-corrected chi connectivity index (χ0v) is 15.2. The summed E-state index contributed by atoms with van der Waals surface area (Å²) in [7, 11) is 0. The van der Waals surface area contributed by atoms with E-state index < -0.39 is 0 Å². The third kappa shape index (κ3) is 7.00. The maximum atomic E-state index is 5.86. The molecule has 108 valence electrons. The molecule has 0 bridgehead atoms. The number of aliphatic imine (C=N–C) groups is 1. The van der Waals surface area contributed by atoms with Crippen molar-refractivity contribution in [3.63, 3.8) is 0 Å². The van der Waals surface area contributed by atoms with E-state index in [2.05, 4.69) is 34.8 Å². The summed E-state index contributed by atoms with van der Waals surface area (Å²) in [4.78, 5) is 6.30. The van der Waals surface area contributed by atoms with E-state index in [4.69, 9.17) is 10.5 Å². The molecule has 19 heavy (non-hydrogen) atoms. The Bertz CT molecular complexity index is 397. The average Bonchev–Trinajstić information content (AvgIpc) is 2.36. The Morgan fingerprint density at radius 3 is 2.63 bits per heavy atom. The second-order valence-electron chi connectivity index (χ2n) is 3.72. The molecule has 0 heterocycles. The molecule has 0 aliphatic rings. The Labute approximate surface area is 140 Å². The normalized spacial score (nSPS) is 10.8. The van der Waals surface area contributed by atoms with Gasteiger partial charge in [-0.15, -0.1) is 24.0 Å². The maximum absolute atomic E-state index is 5.86. The van der Waals surface area contributed by atoms with Crippen LogP contribution in [0.15, 0.2) is 33.7 Å². The first kappa shape index (κ1) is 18.5. The molecule has 0 amide bonds. The van der Waals surface area contributed by atoms with E-state index in [0.717, 1.165) is 23.3 Å². The molecule has 0 atom stereocenters. The molecule has 0 aliphatic heterocycles. The van der Waals surface area contributed by atoms with Gasteiger partial charge in [0.2, 0.25) is 0 Å². The van der Waals surface area contributed by atoms with Crippen molar-refractivity contribution in [2.75, 3.05) is 26.2 Å². The second-order valence-corrected chi connectivity index (χ2v) is 4.63. The van der Waals surface area contributed by atoms with Gasteiger partial charge in [0.05, 0.1) is 6.54 Å². The quantitative estimate of drug-likeness (QED) is 0.319. The number of hydrogen-bond donors (Lipinski definition) is 1. The zero-order valence-electron chi connectivity index (χ0n) is 11.3. The molecule has 0 aliphatic carbocycles. The SMILES string of the molecule is CCN(CC)C(N)=NCCOc1cccc(Br)c1.I. The first-order chi connectivity index (χ1) is 8.67. The molecule has 0 fully saturated rings. The molecule has 6 heteroatoms. The second kappa shape index (κ2) is 10.3. The largest absolute Gasteiger partial charge is 0.492 e. The fourth-order valence-corrected chi connectivity index (χ4v) is 1.91. The van der Waals surface area contributed by atoms with Crippen LogP contribution in [-0.2, 0) is 0 Å². The Hall–Kier alpha value is -0.500. The van der Waals surface area contributed by atoms with Crippen molar-refractivity contribution in [3.05, 3.63) is 28.7 Å². The van der Waals surface area contributed by atoms with Crippen LogP contribution in [-0.4, -0.2) is 37.1 Å². The van der Waals surface area contributed by atoms with Crippen LogP contribution in [0.5, 0.6) is 5.75 Å². The smallest absolute Gasteiger partial charge is 0.191 e. The van der Waals surface area contributed by atoms with Crippen LogP contribution in [0.3, 0.4) is 0 Å². The fraction of sp³-hybridized carbons (Fsp3) is 0.462. The molecule has 0 unspecified atom stereocenters. The van der Waals surface area contributed by atoms with Gasteiger partial charge in [0, 0.05) is 17.6 Å². The van der Waals surface area contributed by atoms with Gasteiger partial charge in [0.1, 0.15) is 12.4 Å². The van der Waals surface area contributed by atoms with Crippen molar-refractivity contribution in [1.29, 1.82) is 0 Å². The van der Waals surface area contributed by atoms with Crippen molar-refractivity contribution in [3.8, 4) is 5.75 Å². The van der Waals surface area contributed by atoms with Gasteiger partial charge in [0.25, 0.3) is 0 Å². The van der Waals surface area contributed by atoms with E-state index in [0.29, 0.717) is 19.1 Å². The summed E-state index contributed by atoms with van der Waals surface area (Å²) in [5, 5.41) is 0. The average molecular weight is 442 g/mol. The third-order valence-corrected chi connectivity index (χ3v) is 3.01. The molecule has 1 rings (SSSR count). The molecule has 0 spiro atoms. The van der Waals surface area contributed by atoms with E-state index in [1.807, 2.05) is 29.2 Å². The van der Waals surface area contributed by atoms with Gasteiger partial charge in [-0.25, -0.2) is 4.99 Å². The molecule has 1 aromatic carbocycles. The zero-order chi connectivity index (χ0) is 13.4. The van der Waals surface area contributed by atoms with E-state index in [-0.39, 0.29) is 24.0 Å². The number of rotatable bonds is 6. The van der Waals surface area contributed by atoms with Crippen LogP contribution in [0.2, 0.25) is 0 Å². The van der Waals surface area contributed by atoms with E-state index in [9.17, 15) is 0 Å². The van der Waals surface area contributed by atoms with Gasteiger partial charge < -0.3 is 15.4 Å². The van der Waals surface area contributed by atoms with Gasteiger partial charge in [-0.05, 0) is 32.0 Å². The van der Waals surface area contributed by atoms with E-state index >= 15 is 0 Å². The molecule has 0 radical (unpaired) electrons. The lowest BCUT2D eigenvalue weighted by Crippen LogP contribution is -2.37. The lowest BCUT2D eigenvalue weighted by molar-refractivity contribution is 0.327. The van der Waals surface area contributed by atoms with Crippen LogP contribution in [0, 0.1) is 0 Å². The molecule has 2 N–H and O–H groups in total. The van der Waals surface area contributed by atoms with Crippen LogP contribution in [0.25, 0.3) is 0 Å². The number of guanidine groups is 1. The minimum Gasteiger partial charge on any atom is -0.492 e. The number of ether oxygens (including phenoxy) is 1. The van der Waals surface area contributed by atoms with Crippen LogP contribution in [0.1, 0.15) is 13.8 Å². The predicted octanol–water partition coefficient (Wildman–Crippen LogP) is 3.10. The van der Waals surface area contributed by atoms with Crippen molar-refractivity contribution >= 4 is 45.9 Å². The van der Waals surface area contributed by atoms with E-state index in [1.54, 1.807) is 0 Å². The minimum absolute atomic E-state index is 0. The lowest BCUT2D eigenvalue weighted by atomic mass is 10.3. The standard InChI is InChI=1S/C13H20BrN3O.HI/c1-3-17(4-2)13(15)16-8-9-18-12-7-5-6-11(14)10-12;/h5-7,10H,3-4,8-9H2,1-2H3,(H2,15,16);1H. The Morgan fingerprint density at radius 2 is 2.05 bits per heavy atom. The summed E-state index contributed by atoms with van der Waals surface area (Å²) in [6, 6.07) is 7.75. The first-order valence-corrected chi connectivity index (χ1v) is 6.89. The summed E-state index contributed by atoms with van der Waals surface area (Å²) in [6.45, 7) is 6.96. The van der Waals surface area contributed by atoms with Crippen molar-refractivity contribution in [2.45, 2.75) is 13.8 Å². The monoisotopic (exact) mass is 441 g/mol. The highest BCUT2D eigenvalue weighted by Gasteiger charge is 2.01. The molecule has 4 nitrogen and oxygen atoms in total. The first-order valence-electron chi connectivity index (χ1n) is 6.10. The summed E-state index contributed by atoms with van der Waals surface area (Å²) in [5.74, 6) is 1.42. The number of nitrogens with zero attached hydrogens (tertiary/aromatic N) is 2. The van der Waals surface area contributed by atoms with Crippen LogP contribution >= 0.6 is 39.9 Å². The van der Waals surface area contributed by atoms with Gasteiger partial charge in [-0.1, -0.05) is 22.0 Å². The van der Waals surface area contributed by atoms with Crippen molar-refractivity contribution < 1.29 is 4.74 Å². The highest BCUT2D eigenvalue weighted by molar-refractivity contribution is 14.0. The van der Waals surface area contributed by atoms with Crippen LogP contribution < -0.4 is 10.5 Å². The van der Waals surface area contributed by atoms with Gasteiger partial charge in [-0.3, -0.25) is 0 Å². The molecule has 0 saturated heterocycles. The lowest BCUT2D eigenvalue weighted by Gasteiger charge is -2.19. The molecule has 0 aromatic heterocycles. The Morgan fingerprint density at radius 1 is 1.37 bits per heavy atom. The van der Waals surface area contributed by atoms with Crippen molar-refractivity contribution in [1.82, 2.24) is 4.90 Å². The fourth-order valence-electron chi connectivity index (χ4n) is 1.53. The Balaban J connectivity index is 0.00000324. The number of nitrogens with two attached hydrogens (primary N) is 1. The number of halogens is 2. The highest BCUT2D eigenvalue weighted by atomic mass is 127. The van der Waals surface area contributed by atoms with Gasteiger partial charge >= 0.3 is 0 Å². The summed E-state index contributed by atoms with van der Waals surface area (Å²) < 4.78 is 6.58.